The van der Waals surface area contributed by atoms with Crippen molar-refractivity contribution in [2.24, 2.45) is 0 Å². The van der Waals surface area contributed by atoms with E-state index in [-0.39, 0.29) is 11.2 Å². The zero-order valence-corrected chi connectivity index (χ0v) is 12.9. The number of nitrogens with one attached hydrogen (secondary N) is 1. The molecule has 6 heteroatoms. The average molecular weight is 341 g/mol. The SMILES string of the molecule is Cc1cc(NC(=O)C(C)Sc2ccccc2Br)no1. The number of amides is 1. The van der Waals surface area contributed by atoms with Crippen molar-refractivity contribution in [2.45, 2.75) is 24.0 Å². The van der Waals surface area contributed by atoms with Crippen LogP contribution in [0.15, 0.2) is 44.2 Å². The lowest BCUT2D eigenvalue weighted by molar-refractivity contribution is -0.115. The minimum absolute atomic E-state index is 0.103. The van der Waals surface area contributed by atoms with Crippen LogP contribution in [0.25, 0.3) is 0 Å². The summed E-state index contributed by atoms with van der Waals surface area (Å²) < 4.78 is 5.89. The standard InChI is InChI=1S/C13H13BrN2O2S/c1-8-7-12(16-18-8)15-13(17)9(2)19-11-6-4-3-5-10(11)14/h3-7,9H,1-2H3,(H,15,16,17). The summed E-state index contributed by atoms with van der Waals surface area (Å²) in [6, 6.07) is 9.50. The Kier molecular flexibility index (Phi) is 4.66. The Balaban J connectivity index is 1.98. The van der Waals surface area contributed by atoms with Gasteiger partial charge in [-0.2, -0.15) is 0 Å². The molecule has 2 aromatic rings. The van der Waals surface area contributed by atoms with E-state index >= 15 is 0 Å². The lowest BCUT2D eigenvalue weighted by Crippen LogP contribution is -2.22. The van der Waals surface area contributed by atoms with Gasteiger partial charge in [0, 0.05) is 15.4 Å². The maximum atomic E-state index is 12.0. The molecule has 0 saturated heterocycles. The van der Waals surface area contributed by atoms with Crippen LogP contribution in [0.3, 0.4) is 0 Å². The van der Waals surface area contributed by atoms with Gasteiger partial charge >= 0.3 is 0 Å². The second-order valence-electron chi connectivity index (χ2n) is 4.00. The monoisotopic (exact) mass is 340 g/mol. The van der Waals surface area contributed by atoms with Gasteiger partial charge in [0.05, 0.1) is 5.25 Å². The number of hydrogen-bond acceptors (Lipinski definition) is 4. The predicted molar refractivity (Wildman–Crippen MR) is 79.3 cm³/mol. The highest BCUT2D eigenvalue weighted by molar-refractivity contribution is 9.10. The molecule has 1 aromatic carbocycles. The quantitative estimate of drug-likeness (QED) is 0.858. The first-order chi connectivity index (χ1) is 9.06. The highest BCUT2D eigenvalue weighted by Gasteiger charge is 2.17. The first kappa shape index (κ1) is 14.1. The van der Waals surface area contributed by atoms with Crippen LogP contribution in [0.4, 0.5) is 5.82 Å². The molecule has 1 unspecified atom stereocenters. The van der Waals surface area contributed by atoms with Crippen LogP contribution in [0.2, 0.25) is 0 Å². The Hall–Kier alpha value is -1.27. The number of rotatable bonds is 4. The van der Waals surface area contributed by atoms with Gasteiger partial charge in [0.15, 0.2) is 5.82 Å². The number of carbonyl (C=O) groups is 1. The second kappa shape index (κ2) is 6.25. The Morgan fingerprint density at radius 1 is 1.47 bits per heavy atom. The molecule has 0 bridgehead atoms. The summed E-state index contributed by atoms with van der Waals surface area (Å²) in [7, 11) is 0. The van der Waals surface area contributed by atoms with Crippen molar-refractivity contribution in [3.05, 3.63) is 40.6 Å². The molecule has 1 heterocycles. The molecule has 2 rings (SSSR count). The van der Waals surface area contributed by atoms with Crippen molar-refractivity contribution in [1.29, 1.82) is 0 Å². The second-order valence-corrected chi connectivity index (χ2v) is 6.24. The van der Waals surface area contributed by atoms with Crippen molar-refractivity contribution in [3.8, 4) is 0 Å². The molecule has 0 aliphatic heterocycles. The number of carbonyl (C=O) groups excluding carboxylic acids is 1. The highest BCUT2D eigenvalue weighted by Crippen LogP contribution is 2.30. The van der Waals surface area contributed by atoms with E-state index in [1.54, 1.807) is 13.0 Å². The highest BCUT2D eigenvalue weighted by atomic mass is 79.9. The average Bonchev–Trinajstić information content (AvgIpc) is 2.77. The van der Waals surface area contributed by atoms with Gasteiger partial charge < -0.3 is 9.84 Å². The van der Waals surface area contributed by atoms with E-state index in [1.165, 1.54) is 11.8 Å². The number of benzene rings is 1. The summed E-state index contributed by atoms with van der Waals surface area (Å²) >= 11 is 4.95. The van der Waals surface area contributed by atoms with Gasteiger partial charge in [-0.1, -0.05) is 17.3 Å². The van der Waals surface area contributed by atoms with Gasteiger partial charge in [0.25, 0.3) is 0 Å². The van der Waals surface area contributed by atoms with Crippen LogP contribution in [-0.4, -0.2) is 16.3 Å². The number of aryl methyl sites for hydroxylation is 1. The molecule has 0 fully saturated rings. The van der Waals surface area contributed by atoms with E-state index in [4.69, 9.17) is 4.52 Å². The lowest BCUT2D eigenvalue weighted by Gasteiger charge is -2.11. The first-order valence-corrected chi connectivity index (χ1v) is 7.39. The van der Waals surface area contributed by atoms with E-state index in [2.05, 4.69) is 26.4 Å². The number of nitrogens with zero attached hydrogens (tertiary/aromatic N) is 1. The number of thioether (sulfide) groups is 1. The molecule has 100 valence electrons. The minimum atomic E-state index is -0.226. The Bertz CT molecular complexity index is 586. The normalized spacial score (nSPS) is 12.2. The Morgan fingerprint density at radius 2 is 2.21 bits per heavy atom. The zero-order chi connectivity index (χ0) is 13.8. The molecule has 1 atom stereocenters. The van der Waals surface area contributed by atoms with Crippen molar-refractivity contribution >= 4 is 39.4 Å². The molecular weight excluding hydrogens is 328 g/mol. The van der Waals surface area contributed by atoms with Crippen molar-refractivity contribution in [1.82, 2.24) is 5.16 Å². The van der Waals surface area contributed by atoms with E-state index in [1.807, 2.05) is 31.2 Å². The number of halogens is 1. The molecule has 0 spiro atoms. The fraction of sp³-hybridized carbons (Fsp3) is 0.231. The summed E-state index contributed by atoms with van der Waals surface area (Å²) in [5.74, 6) is 1.01. The molecule has 4 nitrogen and oxygen atoms in total. The molecule has 0 radical (unpaired) electrons. The Morgan fingerprint density at radius 3 is 2.84 bits per heavy atom. The first-order valence-electron chi connectivity index (χ1n) is 5.71. The molecule has 0 saturated carbocycles. The molecule has 0 aliphatic carbocycles. The van der Waals surface area contributed by atoms with Gasteiger partial charge in [-0.3, -0.25) is 4.79 Å². The van der Waals surface area contributed by atoms with Crippen molar-refractivity contribution < 1.29 is 9.32 Å². The zero-order valence-electron chi connectivity index (χ0n) is 10.5. The topological polar surface area (TPSA) is 55.1 Å². The van der Waals surface area contributed by atoms with Crippen molar-refractivity contribution in [3.63, 3.8) is 0 Å². The number of anilines is 1. The molecular formula is C13H13BrN2O2S. The largest absolute Gasteiger partial charge is 0.360 e. The fourth-order valence-corrected chi connectivity index (χ4v) is 2.89. The van der Waals surface area contributed by atoms with Gasteiger partial charge in [-0.15, -0.1) is 11.8 Å². The molecule has 0 aliphatic rings. The molecule has 19 heavy (non-hydrogen) atoms. The van der Waals surface area contributed by atoms with E-state index in [0.717, 1.165) is 9.37 Å². The van der Waals surface area contributed by atoms with Crippen LogP contribution in [-0.2, 0) is 4.79 Å². The van der Waals surface area contributed by atoms with Crippen LogP contribution in [0.1, 0.15) is 12.7 Å². The van der Waals surface area contributed by atoms with E-state index in [9.17, 15) is 4.79 Å². The van der Waals surface area contributed by atoms with E-state index < -0.39 is 0 Å². The van der Waals surface area contributed by atoms with Gasteiger partial charge in [0.1, 0.15) is 5.76 Å². The summed E-state index contributed by atoms with van der Waals surface area (Å²) in [4.78, 5) is 13.0. The third kappa shape index (κ3) is 3.84. The van der Waals surface area contributed by atoms with Crippen LogP contribution >= 0.6 is 27.7 Å². The predicted octanol–water partition coefficient (Wildman–Crippen LogP) is 3.86. The summed E-state index contributed by atoms with van der Waals surface area (Å²) in [6.45, 7) is 3.63. The summed E-state index contributed by atoms with van der Waals surface area (Å²) in [5, 5.41) is 6.23. The van der Waals surface area contributed by atoms with Gasteiger partial charge in [-0.25, -0.2) is 0 Å². The van der Waals surface area contributed by atoms with Crippen LogP contribution in [0.5, 0.6) is 0 Å². The third-order valence-electron chi connectivity index (χ3n) is 2.39. The summed E-state index contributed by atoms with van der Waals surface area (Å²) in [5.41, 5.74) is 0. The molecule has 1 aromatic heterocycles. The van der Waals surface area contributed by atoms with Crippen LogP contribution < -0.4 is 5.32 Å². The number of aromatic nitrogens is 1. The Labute approximate surface area is 124 Å². The summed E-state index contributed by atoms with van der Waals surface area (Å²) in [6.07, 6.45) is 0. The third-order valence-corrected chi connectivity index (χ3v) is 4.52. The van der Waals surface area contributed by atoms with Gasteiger partial charge in [0.2, 0.25) is 5.91 Å². The fourth-order valence-electron chi connectivity index (χ4n) is 1.44. The molecule has 1 N–H and O–H groups in total. The minimum Gasteiger partial charge on any atom is -0.360 e. The molecule has 1 amide bonds. The maximum absolute atomic E-state index is 12.0. The van der Waals surface area contributed by atoms with Crippen molar-refractivity contribution in [2.75, 3.05) is 5.32 Å². The smallest absolute Gasteiger partial charge is 0.238 e. The number of hydrogen-bond donors (Lipinski definition) is 1. The van der Waals surface area contributed by atoms with E-state index in [0.29, 0.717) is 11.6 Å². The maximum Gasteiger partial charge on any atom is 0.238 e. The van der Waals surface area contributed by atoms with Gasteiger partial charge in [-0.05, 0) is 41.9 Å². The van der Waals surface area contributed by atoms with Crippen LogP contribution in [0, 0.1) is 6.92 Å². The lowest BCUT2D eigenvalue weighted by atomic mass is 10.4.